The molecule has 0 saturated carbocycles. The van der Waals surface area contributed by atoms with Crippen LogP contribution in [0.2, 0.25) is 0 Å². The summed E-state index contributed by atoms with van der Waals surface area (Å²) in [7, 11) is 5.21. The van der Waals surface area contributed by atoms with Crippen LogP contribution in [0.3, 0.4) is 0 Å². The molecule has 1 aromatic carbocycles. The molecule has 39 heavy (non-hydrogen) atoms. The maximum absolute atomic E-state index is 13.1. The molecule has 0 amide bonds. The van der Waals surface area contributed by atoms with Gasteiger partial charge in [-0.2, -0.15) is 0 Å². The highest BCUT2D eigenvalue weighted by molar-refractivity contribution is 5.76. The zero-order valence-corrected chi connectivity index (χ0v) is 23.5. The summed E-state index contributed by atoms with van der Waals surface area (Å²) in [5.41, 5.74) is 3.09. The van der Waals surface area contributed by atoms with Gasteiger partial charge in [-0.3, -0.25) is 38.8 Å². The lowest BCUT2D eigenvalue weighted by Gasteiger charge is -2.43. The molecule has 0 spiro atoms. The van der Waals surface area contributed by atoms with Crippen LogP contribution in [0, 0.1) is 0 Å². The number of carbonyl (C=O) groups excluding carboxylic acids is 4. The highest BCUT2D eigenvalue weighted by Crippen LogP contribution is 2.17. The Morgan fingerprint density at radius 1 is 0.718 bits per heavy atom. The molecule has 1 aliphatic rings. The molecule has 1 saturated heterocycles. The average molecular weight is 549 g/mol. The van der Waals surface area contributed by atoms with Gasteiger partial charge in [0.05, 0.1) is 74.7 Å². The fourth-order valence-electron chi connectivity index (χ4n) is 4.36. The van der Waals surface area contributed by atoms with Gasteiger partial charge in [0.2, 0.25) is 0 Å². The number of carbonyl (C=O) groups is 4. The van der Waals surface area contributed by atoms with Crippen molar-refractivity contribution in [1.82, 2.24) is 19.6 Å². The highest BCUT2D eigenvalue weighted by Gasteiger charge is 2.34. The molecule has 1 aromatic rings. The van der Waals surface area contributed by atoms with E-state index in [9.17, 15) is 19.2 Å². The van der Waals surface area contributed by atoms with Crippen LogP contribution in [0.1, 0.15) is 18.1 Å². The van der Waals surface area contributed by atoms with E-state index in [0.717, 1.165) is 23.1 Å². The molecule has 12 nitrogen and oxygen atoms in total. The van der Waals surface area contributed by atoms with Crippen molar-refractivity contribution < 1.29 is 38.1 Å². The van der Waals surface area contributed by atoms with Crippen molar-refractivity contribution in [3.63, 3.8) is 0 Å². The number of benzene rings is 1. The Balaban J connectivity index is 2.40. The Morgan fingerprint density at radius 2 is 1.13 bits per heavy atom. The summed E-state index contributed by atoms with van der Waals surface area (Å²) < 4.78 is 19.7. The van der Waals surface area contributed by atoms with Gasteiger partial charge in [0, 0.05) is 0 Å². The van der Waals surface area contributed by atoms with E-state index in [1.54, 1.807) is 14.7 Å². The Bertz CT molecular complexity index is 970. The van der Waals surface area contributed by atoms with E-state index in [1.807, 2.05) is 36.1 Å². The van der Waals surface area contributed by atoms with Crippen LogP contribution in [-0.2, 0) is 51.0 Å². The van der Waals surface area contributed by atoms with Gasteiger partial charge in [0.1, 0.15) is 6.04 Å². The summed E-state index contributed by atoms with van der Waals surface area (Å²) in [5, 5.41) is 0. The highest BCUT2D eigenvalue weighted by atomic mass is 16.5. The minimum absolute atomic E-state index is 0.0667. The van der Waals surface area contributed by atoms with Crippen LogP contribution in [0.5, 0.6) is 0 Å². The predicted octanol–water partition coefficient (Wildman–Crippen LogP) is 0.460. The fraction of sp³-hybridized carbons (Fsp3) is 0.556. The van der Waals surface area contributed by atoms with Gasteiger partial charge < -0.3 is 18.9 Å². The van der Waals surface area contributed by atoms with Gasteiger partial charge in [0.25, 0.3) is 0 Å². The molecule has 1 aliphatic heterocycles. The summed E-state index contributed by atoms with van der Waals surface area (Å²) in [5.74, 6) is -1.86. The zero-order valence-electron chi connectivity index (χ0n) is 23.5. The Hall–Kier alpha value is -3.32. The first kappa shape index (κ1) is 31.9. The molecule has 1 heterocycles. The number of allylic oxidation sites excluding steroid dienone is 1. The first-order valence-electron chi connectivity index (χ1n) is 12.5. The van der Waals surface area contributed by atoms with Crippen LogP contribution in [0.15, 0.2) is 36.4 Å². The average Bonchev–Trinajstić information content (AvgIpc) is 2.89. The predicted molar refractivity (Wildman–Crippen MR) is 142 cm³/mol. The maximum atomic E-state index is 13.1. The maximum Gasteiger partial charge on any atom is 0.323 e. The summed E-state index contributed by atoms with van der Waals surface area (Å²) in [6.07, 6.45) is 1.10. The van der Waals surface area contributed by atoms with Crippen molar-refractivity contribution >= 4 is 23.9 Å². The van der Waals surface area contributed by atoms with E-state index >= 15 is 0 Å². The van der Waals surface area contributed by atoms with Crippen molar-refractivity contribution in [2.75, 3.05) is 74.7 Å². The minimum atomic E-state index is -0.727. The monoisotopic (exact) mass is 548 g/mol. The standard InChI is InChI=1S/C27H40N4O8/c1-20(2)11-21-7-9-22(10-8-21)12-23(27(35)39-6)31-18-29(14-25(33)37-4)16-28(13-24(32)36-3)17-30(19-31)15-26(34)38-5/h7-10,23H,1,11-19H2,2-6H3. The van der Waals surface area contributed by atoms with Crippen molar-refractivity contribution in [2.24, 2.45) is 0 Å². The molecule has 12 heteroatoms. The third-order valence-corrected chi connectivity index (χ3v) is 6.18. The quantitative estimate of drug-likeness (QED) is 0.205. The Kier molecular flexibility index (Phi) is 13.0. The number of ether oxygens (including phenoxy) is 4. The summed E-state index contributed by atoms with van der Waals surface area (Å²) in [6.45, 7) is 6.34. The molecule has 0 aromatic heterocycles. The molecule has 0 N–H and O–H groups in total. The second-order valence-electron chi connectivity index (χ2n) is 9.56. The third-order valence-electron chi connectivity index (χ3n) is 6.18. The normalized spacial score (nSPS) is 16.4. The topological polar surface area (TPSA) is 118 Å². The molecular weight excluding hydrogens is 508 g/mol. The van der Waals surface area contributed by atoms with E-state index in [1.165, 1.54) is 28.4 Å². The van der Waals surface area contributed by atoms with Crippen LogP contribution >= 0.6 is 0 Å². The van der Waals surface area contributed by atoms with Gasteiger partial charge in [0.15, 0.2) is 0 Å². The number of nitrogens with zero attached hydrogens (tertiary/aromatic N) is 4. The number of rotatable bonds is 12. The molecule has 0 bridgehead atoms. The molecule has 1 unspecified atom stereocenters. The summed E-state index contributed by atoms with van der Waals surface area (Å²) in [6, 6.07) is 7.21. The smallest absolute Gasteiger partial charge is 0.323 e. The fourth-order valence-corrected chi connectivity index (χ4v) is 4.36. The first-order chi connectivity index (χ1) is 18.6. The van der Waals surface area contributed by atoms with Gasteiger partial charge >= 0.3 is 23.9 Å². The van der Waals surface area contributed by atoms with Crippen LogP contribution in [-0.4, -0.2) is 124 Å². The van der Waals surface area contributed by atoms with Gasteiger partial charge in [-0.1, -0.05) is 36.4 Å². The van der Waals surface area contributed by atoms with Crippen LogP contribution in [0.25, 0.3) is 0 Å². The van der Waals surface area contributed by atoms with Gasteiger partial charge in [-0.25, -0.2) is 0 Å². The van der Waals surface area contributed by atoms with Crippen molar-refractivity contribution in [1.29, 1.82) is 0 Å². The van der Waals surface area contributed by atoms with E-state index in [4.69, 9.17) is 18.9 Å². The Morgan fingerprint density at radius 3 is 1.51 bits per heavy atom. The lowest BCUT2D eigenvalue weighted by Crippen LogP contribution is -2.60. The number of esters is 4. The van der Waals surface area contributed by atoms with E-state index in [2.05, 4.69) is 6.58 Å². The second kappa shape index (κ2) is 15.9. The third kappa shape index (κ3) is 10.8. The van der Waals surface area contributed by atoms with E-state index in [-0.39, 0.29) is 46.3 Å². The van der Waals surface area contributed by atoms with Crippen LogP contribution < -0.4 is 0 Å². The van der Waals surface area contributed by atoms with E-state index < -0.39 is 29.9 Å². The molecular formula is C27H40N4O8. The van der Waals surface area contributed by atoms with Crippen LogP contribution in [0.4, 0.5) is 0 Å². The number of hydrogen-bond acceptors (Lipinski definition) is 12. The lowest BCUT2D eigenvalue weighted by atomic mass is 10.0. The molecule has 216 valence electrons. The second-order valence-corrected chi connectivity index (χ2v) is 9.56. The number of hydrogen-bond donors (Lipinski definition) is 0. The van der Waals surface area contributed by atoms with Crippen molar-refractivity contribution in [3.8, 4) is 0 Å². The molecule has 1 fully saturated rings. The molecule has 1 atom stereocenters. The summed E-state index contributed by atoms with van der Waals surface area (Å²) >= 11 is 0. The number of methoxy groups -OCH3 is 4. The van der Waals surface area contributed by atoms with Gasteiger partial charge in [-0.15, -0.1) is 0 Å². The summed E-state index contributed by atoms with van der Waals surface area (Å²) in [4.78, 5) is 56.7. The minimum Gasteiger partial charge on any atom is -0.468 e. The van der Waals surface area contributed by atoms with Crippen molar-refractivity contribution in [2.45, 2.75) is 25.8 Å². The van der Waals surface area contributed by atoms with Gasteiger partial charge in [-0.05, 0) is 30.9 Å². The Labute approximate surface area is 230 Å². The lowest BCUT2D eigenvalue weighted by molar-refractivity contribution is -0.155. The molecule has 0 aliphatic carbocycles. The van der Waals surface area contributed by atoms with E-state index in [0.29, 0.717) is 6.42 Å². The largest absolute Gasteiger partial charge is 0.468 e. The SMILES string of the molecule is C=C(C)Cc1ccc(CC(C(=O)OC)N2CN(CC(=O)OC)CN(CC(=O)OC)CN(CC(=O)OC)C2)cc1. The molecule has 0 radical (unpaired) electrons. The zero-order chi connectivity index (χ0) is 28.9. The molecule has 2 rings (SSSR count). The first-order valence-corrected chi connectivity index (χ1v) is 12.5. The van der Waals surface area contributed by atoms with Crippen molar-refractivity contribution in [3.05, 3.63) is 47.5 Å².